The molecule has 0 spiro atoms. The number of hydrogen-bond donors (Lipinski definition) is 1. The number of ether oxygens (including phenoxy) is 1. The molecule has 8 nitrogen and oxygen atoms in total. The van der Waals surface area contributed by atoms with Crippen LogP contribution in [0.3, 0.4) is 0 Å². The van der Waals surface area contributed by atoms with Crippen molar-refractivity contribution >= 4 is 33.7 Å². The molecule has 29 heavy (non-hydrogen) atoms. The number of pyridine rings is 2. The van der Waals surface area contributed by atoms with E-state index in [0.717, 1.165) is 0 Å². The van der Waals surface area contributed by atoms with E-state index in [4.69, 9.17) is 4.74 Å². The normalized spacial score (nSPS) is 11.1. The molecule has 0 atom stereocenters. The monoisotopic (exact) mass is 391 g/mol. The van der Waals surface area contributed by atoms with Crippen LogP contribution in [0.4, 0.5) is 0 Å². The number of ketones is 1. The summed E-state index contributed by atoms with van der Waals surface area (Å²) < 4.78 is 7.97. The number of carbonyl (C=O) groups excluding carboxylic acids is 1. The lowest BCUT2D eigenvalue weighted by Crippen LogP contribution is -2.25. The molecule has 3 aromatic heterocycles. The smallest absolute Gasteiger partial charge is 0.356 e. The number of carbonyl (C=O) groups is 2. The summed E-state index contributed by atoms with van der Waals surface area (Å²) >= 11 is 0. The van der Waals surface area contributed by atoms with Crippen molar-refractivity contribution in [1.82, 2.24) is 14.1 Å². The first kappa shape index (κ1) is 18.4. The van der Waals surface area contributed by atoms with Crippen molar-refractivity contribution in [3.63, 3.8) is 0 Å². The molecule has 0 amide bonds. The highest BCUT2D eigenvalue weighted by molar-refractivity contribution is 6.10. The van der Waals surface area contributed by atoms with Crippen molar-refractivity contribution in [2.45, 2.75) is 6.54 Å². The lowest BCUT2D eigenvalue weighted by atomic mass is 10.1. The van der Waals surface area contributed by atoms with Crippen LogP contribution in [0.25, 0.3) is 21.9 Å². The van der Waals surface area contributed by atoms with E-state index >= 15 is 0 Å². The van der Waals surface area contributed by atoms with Gasteiger partial charge in [-0.05, 0) is 12.1 Å². The number of methoxy groups -OCH3 is 1. The highest BCUT2D eigenvalue weighted by Crippen LogP contribution is 2.34. The molecule has 0 fully saturated rings. The Morgan fingerprint density at radius 3 is 2.52 bits per heavy atom. The van der Waals surface area contributed by atoms with Crippen molar-refractivity contribution < 1.29 is 19.4 Å². The fourth-order valence-corrected chi connectivity index (χ4v) is 3.64. The molecule has 0 aliphatic heterocycles. The van der Waals surface area contributed by atoms with Crippen LogP contribution in [0.2, 0.25) is 0 Å². The molecule has 1 N–H and O–H groups in total. The first-order valence-electron chi connectivity index (χ1n) is 8.81. The third kappa shape index (κ3) is 2.77. The van der Waals surface area contributed by atoms with E-state index in [1.165, 1.54) is 22.4 Å². The van der Waals surface area contributed by atoms with Crippen LogP contribution in [0.15, 0.2) is 53.5 Å². The van der Waals surface area contributed by atoms with Crippen molar-refractivity contribution in [3.8, 4) is 5.75 Å². The first-order valence-corrected chi connectivity index (χ1v) is 8.81. The van der Waals surface area contributed by atoms with Gasteiger partial charge in [-0.2, -0.15) is 0 Å². The van der Waals surface area contributed by atoms with Crippen LogP contribution < -0.4 is 10.3 Å². The number of aromatic carboxylic acids is 1. The quantitative estimate of drug-likeness (QED) is 0.524. The number of Topliss-reactive ketones (excluding diaryl/α,β-unsaturated/α-hetero) is 1. The molecule has 0 radical (unpaired) electrons. The van der Waals surface area contributed by atoms with Gasteiger partial charge in [-0.25, -0.2) is 9.78 Å². The number of rotatable bonds is 5. The van der Waals surface area contributed by atoms with Crippen LogP contribution in [0.1, 0.15) is 20.8 Å². The number of carboxylic acids is 1. The third-order valence-corrected chi connectivity index (χ3v) is 4.91. The van der Waals surface area contributed by atoms with Crippen LogP contribution in [-0.4, -0.2) is 38.1 Å². The standard InChI is InChI=1S/C21H17N3O5/c1-23-16-13-9-6-10-22-19(13)24(11-14(25)12-7-4-3-5-8-12)20(26)15(16)18(29-2)17(23)21(27)28/h3-10H,11H2,1-2H3,(H,27,28). The number of hydrogen-bond acceptors (Lipinski definition) is 5. The fraction of sp³-hybridized carbons (Fsp3) is 0.143. The minimum absolute atomic E-state index is 0.0355. The Morgan fingerprint density at radius 2 is 1.86 bits per heavy atom. The maximum atomic E-state index is 13.4. The van der Waals surface area contributed by atoms with E-state index in [9.17, 15) is 19.5 Å². The van der Waals surface area contributed by atoms with Gasteiger partial charge in [-0.15, -0.1) is 0 Å². The van der Waals surface area contributed by atoms with Gasteiger partial charge in [-0.3, -0.25) is 14.2 Å². The lowest BCUT2D eigenvalue weighted by molar-refractivity contribution is 0.0683. The van der Waals surface area contributed by atoms with Gasteiger partial charge >= 0.3 is 5.97 Å². The number of nitrogens with zero attached hydrogens (tertiary/aromatic N) is 3. The van der Waals surface area contributed by atoms with Gasteiger partial charge < -0.3 is 14.4 Å². The predicted octanol–water partition coefficient (Wildman–Crippen LogP) is 2.48. The van der Waals surface area contributed by atoms with Crippen molar-refractivity contribution in [1.29, 1.82) is 0 Å². The van der Waals surface area contributed by atoms with Crippen LogP contribution in [0, 0.1) is 0 Å². The fourth-order valence-electron chi connectivity index (χ4n) is 3.64. The molecule has 4 rings (SSSR count). The van der Waals surface area contributed by atoms with Gasteiger partial charge in [0.15, 0.2) is 17.2 Å². The summed E-state index contributed by atoms with van der Waals surface area (Å²) in [6.45, 7) is -0.229. The van der Waals surface area contributed by atoms with Gasteiger partial charge in [0.2, 0.25) is 0 Å². The molecule has 0 unspecified atom stereocenters. The molecular formula is C21H17N3O5. The summed E-state index contributed by atoms with van der Waals surface area (Å²) in [5, 5.41) is 10.3. The second-order valence-corrected chi connectivity index (χ2v) is 6.52. The Kier molecular flexibility index (Phi) is 4.38. The van der Waals surface area contributed by atoms with E-state index in [1.54, 1.807) is 49.5 Å². The lowest BCUT2D eigenvalue weighted by Gasteiger charge is -2.11. The summed E-state index contributed by atoms with van der Waals surface area (Å²) in [4.78, 5) is 42.2. The zero-order valence-corrected chi connectivity index (χ0v) is 15.7. The molecule has 3 heterocycles. The molecule has 0 bridgehead atoms. The van der Waals surface area contributed by atoms with E-state index in [1.807, 2.05) is 0 Å². The van der Waals surface area contributed by atoms with Crippen LogP contribution in [0.5, 0.6) is 5.75 Å². The van der Waals surface area contributed by atoms with Crippen molar-refractivity contribution in [2.75, 3.05) is 7.11 Å². The second-order valence-electron chi connectivity index (χ2n) is 6.52. The van der Waals surface area contributed by atoms with E-state index < -0.39 is 11.5 Å². The Labute approximate surface area is 164 Å². The summed E-state index contributed by atoms with van der Waals surface area (Å²) in [6, 6.07) is 12.1. The molecule has 1 aromatic carbocycles. The largest absolute Gasteiger partial charge is 0.493 e. The predicted molar refractivity (Wildman–Crippen MR) is 107 cm³/mol. The molecular weight excluding hydrogens is 374 g/mol. The van der Waals surface area contributed by atoms with E-state index in [0.29, 0.717) is 22.1 Å². The molecule has 0 aliphatic carbocycles. The van der Waals surface area contributed by atoms with Gasteiger partial charge in [0.25, 0.3) is 5.56 Å². The van der Waals surface area contributed by atoms with Gasteiger partial charge in [0.1, 0.15) is 11.0 Å². The summed E-state index contributed by atoms with van der Waals surface area (Å²) in [5.74, 6) is -1.51. The van der Waals surface area contributed by atoms with Gasteiger partial charge in [-0.1, -0.05) is 30.3 Å². The maximum Gasteiger partial charge on any atom is 0.356 e. The second kappa shape index (κ2) is 6.90. The Balaban J connectivity index is 2.07. The maximum absolute atomic E-state index is 13.4. The average molecular weight is 391 g/mol. The van der Waals surface area contributed by atoms with Gasteiger partial charge in [0, 0.05) is 24.2 Å². The number of aryl methyl sites for hydroxylation is 1. The van der Waals surface area contributed by atoms with Crippen molar-refractivity contribution in [3.05, 3.63) is 70.3 Å². The molecule has 4 aromatic rings. The van der Waals surface area contributed by atoms with E-state index in [2.05, 4.69) is 4.98 Å². The highest BCUT2D eigenvalue weighted by Gasteiger charge is 2.27. The van der Waals surface area contributed by atoms with Crippen LogP contribution in [-0.2, 0) is 13.6 Å². The third-order valence-electron chi connectivity index (χ3n) is 4.91. The summed E-state index contributed by atoms with van der Waals surface area (Å²) in [6.07, 6.45) is 1.52. The molecule has 0 saturated carbocycles. The zero-order valence-electron chi connectivity index (χ0n) is 15.7. The minimum atomic E-state index is -1.22. The topological polar surface area (TPSA) is 103 Å². The molecule has 146 valence electrons. The minimum Gasteiger partial charge on any atom is -0.493 e. The molecule has 8 heteroatoms. The van der Waals surface area contributed by atoms with Crippen molar-refractivity contribution in [2.24, 2.45) is 7.05 Å². The Morgan fingerprint density at radius 1 is 1.14 bits per heavy atom. The Hall–Kier alpha value is -3.94. The molecule has 0 aliphatic rings. The molecule has 0 saturated heterocycles. The SMILES string of the molecule is COc1c(C(=O)O)n(C)c2c1c(=O)n(CC(=O)c1ccccc1)c1ncccc21. The Bertz CT molecular complexity index is 1340. The highest BCUT2D eigenvalue weighted by atomic mass is 16.5. The number of aromatic nitrogens is 3. The number of carboxylic acid groups (broad SMARTS) is 1. The number of benzene rings is 1. The summed E-state index contributed by atoms with van der Waals surface area (Å²) in [7, 11) is 2.87. The van der Waals surface area contributed by atoms with E-state index in [-0.39, 0.29) is 29.2 Å². The van der Waals surface area contributed by atoms with Crippen LogP contribution >= 0.6 is 0 Å². The first-order chi connectivity index (χ1) is 14.0. The zero-order chi connectivity index (χ0) is 20.7. The number of fused-ring (bicyclic) bond motifs is 3. The summed E-state index contributed by atoms with van der Waals surface area (Å²) in [5.41, 5.74) is 0.493. The average Bonchev–Trinajstić information content (AvgIpc) is 3.04. The van der Waals surface area contributed by atoms with Gasteiger partial charge in [0.05, 0.1) is 19.2 Å².